The number of benzene rings is 1. The van der Waals surface area contributed by atoms with Gasteiger partial charge in [-0.15, -0.1) is 0 Å². The van der Waals surface area contributed by atoms with E-state index in [-0.39, 0.29) is 12.3 Å². The van der Waals surface area contributed by atoms with Crippen molar-refractivity contribution in [2.75, 3.05) is 5.01 Å². The van der Waals surface area contributed by atoms with Crippen molar-refractivity contribution < 1.29 is 14.7 Å². The molecule has 1 N–H and O–H groups in total. The molecular formula is C13H14N2O3. The highest BCUT2D eigenvalue weighted by molar-refractivity contribution is 6.02. The number of aliphatic carboxylic acids is 1. The van der Waals surface area contributed by atoms with Gasteiger partial charge in [0.05, 0.1) is 12.1 Å². The molecule has 2 rings (SSSR count). The third-order valence-corrected chi connectivity index (χ3v) is 2.73. The first-order chi connectivity index (χ1) is 8.66. The van der Waals surface area contributed by atoms with Crippen molar-refractivity contribution in [3.8, 4) is 0 Å². The molecule has 18 heavy (non-hydrogen) atoms. The van der Waals surface area contributed by atoms with Gasteiger partial charge in [-0.25, -0.2) is 5.01 Å². The summed E-state index contributed by atoms with van der Waals surface area (Å²) in [5, 5.41) is 14.2. The van der Waals surface area contributed by atoms with E-state index >= 15 is 0 Å². The molecule has 0 radical (unpaired) electrons. The highest BCUT2D eigenvalue weighted by atomic mass is 16.4. The zero-order valence-electron chi connectivity index (χ0n) is 9.87. The Kier molecular flexibility index (Phi) is 3.72. The number of hydrogen-bond donors (Lipinski definition) is 1. The Morgan fingerprint density at radius 2 is 2.00 bits per heavy atom. The number of amides is 1. The van der Waals surface area contributed by atoms with Gasteiger partial charge in [-0.1, -0.05) is 18.2 Å². The number of anilines is 1. The standard InChI is InChI=1S/C13H14N2O3/c16-12-8-6-10(7-9-13(17)18)14-15(12)11-4-2-1-3-5-11/h1-5H,6-9H2,(H,17,18). The highest BCUT2D eigenvalue weighted by Gasteiger charge is 2.21. The van der Waals surface area contributed by atoms with Gasteiger partial charge >= 0.3 is 5.97 Å². The Morgan fingerprint density at radius 3 is 2.67 bits per heavy atom. The molecular weight excluding hydrogens is 232 g/mol. The van der Waals surface area contributed by atoms with Crippen molar-refractivity contribution in [3.63, 3.8) is 0 Å². The van der Waals surface area contributed by atoms with Gasteiger partial charge in [-0.2, -0.15) is 5.10 Å². The lowest BCUT2D eigenvalue weighted by Crippen LogP contribution is -2.31. The van der Waals surface area contributed by atoms with Gasteiger partial charge in [-0.3, -0.25) is 9.59 Å². The predicted molar refractivity (Wildman–Crippen MR) is 67.5 cm³/mol. The molecule has 1 aliphatic rings. The second-order valence-electron chi connectivity index (χ2n) is 4.10. The molecule has 1 aliphatic heterocycles. The maximum Gasteiger partial charge on any atom is 0.303 e. The molecule has 0 fully saturated rings. The summed E-state index contributed by atoms with van der Waals surface area (Å²) in [6.45, 7) is 0. The molecule has 5 heteroatoms. The monoisotopic (exact) mass is 246 g/mol. The normalized spacial score (nSPS) is 15.4. The van der Waals surface area contributed by atoms with Crippen LogP contribution in [-0.2, 0) is 9.59 Å². The maximum atomic E-state index is 11.8. The minimum absolute atomic E-state index is 0.0512. The zero-order valence-corrected chi connectivity index (χ0v) is 9.87. The summed E-state index contributed by atoms with van der Waals surface area (Å²) in [7, 11) is 0. The third-order valence-electron chi connectivity index (χ3n) is 2.73. The number of carboxylic acids is 1. The maximum absolute atomic E-state index is 11.8. The van der Waals surface area contributed by atoms with Crippen molar-refractivity contribution in [1.29, 1.82) is 0 Å². The molecule has 0 unspecified atom stereocenters. The fraction of sp³-hybridized carbons (Fsp3) is 0.308. The van der Waals surface area contributed by atoms with Crippen LogP contribution in [0.4, 0.5) is 5.69 Å². The summed E-state index contributed by atoms with van der Waals surface area (Å²) < 4.78 is 0. The van der Waals surface area contributed by atoms with Crippen LogP contribution in [0.25, 0.3) is 0 Å². The van der Waals surface area contributed by atoms with Crippen molar-refractivity contribution in [2.24, 2.45) is 5.10 Å². The van der Waals surface area contributed by atoms with E-state index in [0.717, 1.165) is 11.4 Å². The van der Waals surface area contributed by atoms with Crippen molar-refractivity contribution in [3.05, 3.63) is 30.3 Å². The number of rotatable bonds is 4. The summed E-state index contributed by atoms with van der Waals surface area (Å²) in [6, 6.07) is 9.16. The molecule has 1 aromatic rings. The molecule has 94 valence electrons. The number of hydrogen-bond acceptors (Lipinski definition) is 3. The first-order valence-electron chi connectivity index (χ1n) is 5.83. The van der Waals surface area contributed by atoms with Crippen LogP contribution in [0.3, 0.4) is 0 Å². The van der Waals surface area contributed by atoms with Gasteiger partial charge in [0.1, 0.15) is 0 Å². The summed E-state index contributed by atoms with van der Waals surface area (Å²) >= 11 is 0. The second kappa shape index (κ2) is 5.44. The largest absolute Gasteiger partial charge is 0.481 e. The van der Waals surface area contributed by atoms with Crippen molar-refractivity contribution >= 4 is 23.3 Å². The Balaban J connectivity index is 2.15. The van der Waals surface area contributed by atoms with Gasteiger partial charge in [-0.05, 0) is 25.0 Å². The Labute approximate surface area is 105 Å². The van der Waals surface area contributed by atoms with E-state index < -0.39 is 5.97 Å². The molecule has 1 heterocycles. The molecule has 1 amide bonds. The minimum atomic E-state index is -0.846. The van der Waals surface area contributed by atoms with E-state index in [1.165, 1.54) is 5.01 Å². The van der Waals surface area contributed by atoms with Crippen LogP contribution in [-0.4, -0.2) is 22.7 Å². The van der Waals surface area contributed by atoms with Crippen LogP contribution < -0.4 is 5.01 Å². The third kappa shape index (κ3) is 2.94. The first-order valence-corrected chi connectivity index (χ1v) is 5.83. The lowest BCUT2D eigenvalue weighted by atomic mass is 10.1. The SMILES string of the molecule is O=C(O)CCC1=NN(c2ccccc2)C(=O)CC1. The van der Waals surface area contributed by atoms with Gasteiger partial charge in [0.15, 0.2) is 0 Å². The molecule has 1 aromatic carbocycles. The van der Waals surface area contributed by atoms with Crippen molar-refractivity contribution in [2.45, 2.75) is 25.7 Å². The van der Waals surface area contributed by atoms with Crippen LogP contribution in [0.15, 0.2) is 35.4 Å². The van der Waals surface area contributed by atoms with Crippen LogP contribution >= 0.6 is 0 Å². The fourth-order valence-corrected chi connectivity index (χ4v) is 1.80. The van der Waals surface area contributed by atoms with Gasteiger partial charge in [0, 0.05) is 12.1 Å². The predicted octanol–water partition coefficient (Wildman–Crippen LogP) is 2.03. The molecule has 0 saturated heterocycles. The van der Waals surface area contributed by atoms with E-state index in [1.807, 2.05) is 30.3 Å². The average molecular weight is 246 g/mol. The van der Waals surface area contributed by atoms with Gasteiger partial charge in [0.2, 0.25) is 5.91 Å². The second-order valence-corrected chi connectivity index (χ2v) is 4.10. The van der Waals surface area contributed by atoms with E-state index in [4.69, 9.17) is 5.11 Å². The summed E-state index contributed by atoms with van der Waals surface area (Å²) in [5.74, 6) is -0.902. The van der Waals surface area contributed by atoms with Gasteiger partial charge in [0.25, 0.3) is 0 Å². The Bertz CT molecular complexity index is 482. The van der Waals surface area contributed by atoms with Crippen molar-refractivity contribution in [1.82, 2.24) is 0 Å². The van der Waals surface area contributed by atoms with E-state index in [0.29, 0.717) is 19.3 Å². The van der Waals surface area contributed by atoms with Crippen LogP contribution in [0, 0.1) is 0 Å². The molecule has 0 spiro atoms. The number of carbonyl (C=O) groups is 2. The quantitative estimate of drug-likeness (QED) is 0.883. The van der Waals surface area contributed by atoms with Crippen LogP contribution in [0.5, 0.6) is 0 Å². The lowest BCUT2D eigenvalue weighted by molar-refractivity contribution is -0.136. The number of carbonyl (C=O) groups excluding carboxylic acids is 1. The molecule has 0 aromatic heterocycles. The van der Waals surface area contributed by atoms with E-state index in [1.54, 1.807) is 0 Å². The van der Waals surface area contributed by atoms with Crippen LogP contribution in [0.2, 0.25) is 0 Å². The minimum Gasteiger partial charge on any atom is -0.481 e. The molecule has 5 nitrogen and oxygen atoms in total. The number of para-hydroxylation sites is 1. The summed E-state index contributed by atoms with van der Waals surface area (Å²) in [4.78, 5) is 22.3. The highest BCUT2D eigenvalue weighted by Crippen LogP contribution is 2.20. The zero-order chi connectivity index (χ0) is 13.0. The van der Waals surface area contributed by atoms with E-state index in [9.17, 15) is 9.59 Å². The molecule has 0 bridgehead atoms. The Morgan fingerprint density at radius 1 is 1.28 bits per heavy atom. The van der Waals surface area contributed by atoms with Crippen LogP contribution in [0.1, 0.15) is 25.7 Å². The van der Waals surface area contributed by atoms with E-state index in [2.05, 4.69) is 5.10 Å². The number of carboxylic acid groups (broad SMARTS) is 1. The number of nitrogens with zero attached hydrogens (tertiary/aromatic N) is 2. The topological polar surface area (TPSA) is 70.0 Å². The molecule has 0 saturated carbocycles. The lowest BCUT2D eigenvalue weighted by Gasteiger charge is -2.23. The number of hydrazone groups is 1. The summed E-state index contributed by atoms with van der Waals surface area (Å²) in [5.41, 5.74) is 1.48. The van der Waals surface area contributed by atoms with Gasteiger partial charge < -0.3 is 5.11 Å². The smallest absolute Gasteiger partial charge is 0.303 e. The summed E-state index contributed by atoms with van der Waals surface area (Å²) in [6.07, 6.45) is 1.38. The first kappa shape index (κ1) is 12.3. The fourth-order valence-electron chi connectivity index (χ4n) is 1.80. The Hall–Kier alpha value is -2.17. The molecule has 0 aliphatic carbocycles. The average Bonchev–Trinajstić information content (AvgIpc) is 2.38. The molecule has 0 atom stereocenters.